The molecule has 188 valence electrons. The molecule has 35 heavy (non-hydrogen) atoms. The van der Waals surface area contributed by atoms with Crippen molar-refractivity contribution in [3.63, 3.8) is 0 Å². The van der Waals surface area contributed by atoms with Crippen LogP contribution in [-0.4, -0.2) is 51.3 Å². The molecular weight excluding hydrogens is 534 g/mol. The van der Waals surface area contributed by atoms with Gasteiger partial charge >= 0.3 is 0 Å². The van der Waals surface area contributed by atoms with Crippen molar-refractivity contribution in [2.75, 3.05) is 31.6 Å². The first-order chi connectivity index (χ1) is 16.8. The van der Waals surface area contributed by atoms with Crippen LogP contribution in [0.15, 0.2) is 45.8 Å². The van der Waals surface area contributed by atoms with Gasteiger partial charge in [-0.25, -0.2) is 8.42 Å². The summed E-state index contributed by atoms with van der Waals surface area (Å²) in [6, 6.07) is 10.9. The Morgan fingerprint density at radius 1 is 1.20 bits per heavy atom. The van der Waals surface area contributed by atoms with E-state index >= 15 is 0 Å². The zero-order valence-corrected chi connectivity index (χ0v) is 22.3. The molecule has 0 bridgehead atoms. The molecule has 0 spiro atoms. The summed E-state index contributed by atoms with van der Waals surface area (Å²) in [7, 11) is -2.34. The van der Waals surface area contributed by atoms with Gasteiger partial charge in [-0.15, -0.1) is 0 Å². The number of ether oxygens (including phenoxy) is 1. The summed E-state index contributed by atoms with van der Waals surface area (Å²) in [5.74, 6) is -0.0509. The highest BCUT2D eigenvalue weighted by Crippen LogP contribution is 2.39. The minimum Gasteiger partial charge on any atom is -0.496 e. The number of anilines is 1. The van der Waals surface area contributed by atoms with Crippen LogP contribution in [0.1, 0.15) is 37.3 Å². The summed E-state index contributed by atoms with van der Waals surface area (Å²) in [6.45, 7) is 2.98. The number of para-hydroxylation sites is 1. The van der Waals surface area contributed by atoms with Crippen molar-refractivity contribution >= 4 is 43.5 Å². The summed E-state index contributed by atoms with van der Waals surface area (Å²) in [5.41, 5.74) is 2.17. The third-order valence-corrected chi connectivity index (χ3v) is 8.95. The predicted molar refractivity (Wildman–Crippen MR) is 137 cm³/mol. The lowest BCUT2D eigenvalue weighted by Crippen LogP contribution is -2.45. The average molecular weight is 565 g/mol. The monoisotopic (exact) mass is 563 g/mol. The van der Waals surface area contributed by atoms with Crippen LogP contribution in [-0.2, 0) is 32.6 Å². The zero-order valence-electron chi connectivity index (χ0n) is 19.9. The Bertz CT molecular complexity index is 1230. The Morgan fingerprint density at radius 2 is 1.97 bits per heavy atom. The number of hydrogen-bond acceptors (Lipinski definition) is 5. The number of fused-ring (bicyclic) bond motifs is 1. The number of benzene rings is 2. The molecule has 0 radical (unpaired) electrons. The van der Waals surface area contributed by atoms with Gasteiger partial charge in [0.05, 0.1) is 18.7 Å². The summed E-state index contributed by atoms with van der Waals surface area (Å²) < 4.78 is 35.0. The topological polar surface area (TPSA) is 96.0 Å². The highest BCUT2D eigenvalue weighted by atomic mass is 79.9. The van der Waals surface area contributed by atoms with Crippen LogP contribution in [0.4, 0.5) is 5.69 Å². The van der Waals surface area contributed by atoms with E-state index in [1.165, 1.54) is 4.31 Å². The molecule has 0 aromatic heterocycles. The molecule has 1 atom stereocenters. The highest BCUT2D eigenvalue weighted by Gasteiger charge is 2.38. The van der Waals surface area contributed by atoms with Gasteiger partial charge in [-0.3, -0.25) is 9.59 Å². The van der Waals surface area contributed by atoms with E-state index in [1.54, 1.807) is 25.0 Å². The molecule has 10 heteroatoms. The number of nitrogens with one attached hydrogen (secondary N) is 1. The SMILES string of the molecule is CCC(=O)N1CCc2cc(Br)cc(S(=O)(=O)N3CCC[C@@H](C(=O)NCc4ccccc4OC)C3)c21. The molecule has 2 aliphatic heterocycles. The maximum atomic E-state index is 13.8. The number of halogens is 1. The quantitative estimate of drug-likeness (QED) is 0.556. The van der Waals surface area contributed by atoms with Crippen LogP contribution in [0.5, 0.6) is 5.75 Å². The fourth-order valence-corrected chi connectivity index (χ4v) is 7.24. The Hall–Kier alpha value is -2.43. The maximum Gasteiger partial charge on any atom is 0.245 e. The standard InChI is InChI=1S/C25H30BrN3O5S/c1-3-23(30)29-12-10-17-13-20(26)14-22(24(17)29)35(32,33)28-11-6-8-19(16-28)25(31)27-15-18-7-4-5-9-21(18)34-2/h4-5,7,9,13-14,19H,3,6,8,10-12,15-16H2,1-2H3,(H,27,31)/t19-/m1/s1. The molecule has 2 heterocycles. The number of nitrogens with zero attached hydrogens (tertiary/aromatic N) is 2. The third kappa shape index (κ3) is 5.24. The number of carbonyl (C=O) groups excluding carboxylic acids is 2. The molecule has 2 aromatic carbocycles. The molecule has 0 saturated carbocycles. The summed E-state index contributed by atoms with van der Waals surface area (Å²) in [5, 5.41) is 2.93. The van der Waals surface area contributed by atoms with Crippen molar-refractivity contribution in [2.45, 2.75) is 44.0 Å². The minimum absolute atomic E-state index is 0.100. The second-order valence-corrected chi connectivity index (χ2v) is 11.6. The highest BCUT2D eigenvalue weighted by molar-refractivity contribution is 9.10. The van der Waals surface area contributed by atoms with E-state index in [1.807, 2.05) is 30.3 Å². The lowest BCUT2D eigenvalue weighted by atomic mass is 9.98. The van der Waals surface area contributed by atoms with E-state index in [2.05, 4.69) is 21.2 Å². The summed E-state index contributed by atoms with van der Waals surface area (Å²) in [4.78, 5) is 27.2. The van der Waals surface area contributed by atoms with Crippen LogP contribution >= 0.6 is 15.9 Å². The molecule has 2 amide bonds. The average Bonchev–Trinajstić information content (AvgIpc) is 3.30. The smallest absolute Gasteiger partial charge is 0.245 e. The molecule has 1 N–H and O–H groups in total. The predicted octanol–water partition coefficient (Wildman–Crippen LogP) is 3.47. The van der Waals surface area contributed by atoms with Crippen LogP contribution in [0.3, 0.4) is 0 Å². The van der Waals surface area contributed by atoms with Crippen LogP contribution in [0, 0.1) is 5.92 Å². The second-order valence-electron chi connectivity index (χ2n) is 8.79. The van der Waals surface area contributed by atoms with Gasteiger partial charge in [-0.05, 0) is 43.0 Å². The van der Waals surface area contributed by atoms with Gasteiger partial charge in [0, 0.05) is 42.6 Å². The van der Waals surface area contributed by atoms with E-state index in [4.69, 9.17) is 4.74 Å². The van der Waals surface area contributed by atoms with Crippen molar-refractivity contribution in [3.05, 3.63) is 52.0 Å². The summed E-state index contributed by atoms with van der Waals surface area (Å²) in [6.07, 6.45) is 2.10. The molecule has 4 rings (SSSR count). The molecule has 2 aromatic rings. The van der Waals surface area contributed by atoms with E-state index in [0.717, 1.165) is 11.1 Å². The molecule has 1 saturated heterocycles. The molecule has 0 aliphatic carbocycles. The maximum absolute atomic E-state index is 13.8. The van der Waals surface area contributed by atoms with Gasteiger partial charge < -0.3 is 15.0 Å². The first-order valence-corrected chi connectivity index (χ1v) is 14.0. The normalized spacial score (nSPS) is 18.3. The Kier molecular flexibility index (Phi) is 7.83. The van der Waals surface area contributed by atoms with E-state index in [-0.39, 0.29) is 23.3 Å². The van der Waals surface area contributed by atoms with Crippen molar-refractivity contribution in [1.29, 1.82) is 0 Å². The van der Waals surface area contributed by atoms with E-state index in [9.17, 15) is 18.0 Å². The van der Waals surface area contributed by atoms with Crippen molar-refractivity contribution in [3.8, 4) is 5.75 Å². The largest absolute Gasteiger partial charge is 0.496 e. The number of sulfonamides is 1. The van der Waals surface area contributed by atoms with Gasteiger partial charge in [0.2, 0.25) is 21.8 Å². The van der Waals surface area contributed by atoms with E-state index < -0.39 is 15.9 Å². The van der Waals surface area contributed by atoms with Crippen molar-refractivity contribution in [2.24, 2.45) is 5.92 Å². The molecule has 2 aliphatic rings. The fourth-order valence-electron chi connectivity index (χ4n) is 4.80. The lowest BCUT2D eigenvalue weighted by Gasteiger charge is -2.32. The minimum atomic E-state index is -3.92. The molecule has 8 nitrogen and oxygen atoms in total. The van der Waals surface area contributed by atoms with Gasteiger partial charge in [-0.1, -0.05) is 41.1 Å². The molecule has 1 fully saturated rings. The van der Waals surface area contributed by atoms with Gasteiger partial charge in [-0.2, -0.15) is 4.31 Å². The van der Waals surface area contributed by atoms with Gasteiger partial charge in [0.15, 0.2) is 0 Å². The number of amides is 2. The lowest BCUT2D eigenvalue weighted by molar-refractivity contribution is -0.126. The van der Waals surface area contributed by atoms with Crippen molar-refractivity contribution < 1.29 is 22.7 Å². The Balaban J connectivity index is 1.54. The Morgan fingerprint density at radius 3 is 2.71 bits per heavy atom. The van der Waals surface area contributed by atoms with E-state index in [0.29, 0.717) is 61.2 Å². The fraction of sp³-hybridized carbons (Fsp3) is 0.440. The number of rotatable bonds is 7. The van der Waals surface area contributed by atoms with Crippen molar-refractivity contribution in [1.82, 2.24) is 9.62 Å². The number of hydrogen-bond donors (Lipinski definition) is 1. The van der Waals surface area contributed by atoms with Gasteiger partial charge in [0.25, 0.3) is 0 Å². The summed E-state index contributed by atoms with van der Waals surface area (Å²) >= 11 is 3.44. The zero-order chi connectivity index (χ0) is 25.2. The first kappa shape index (κ1) is 25.7. The number of carbonyl (C=O) groups is 2. The van der Waals surface area contributed by atoms with Gasteiger partial charge in [0.1, 0.15) is 10.6 Å². The number of methoxy groups -OCH3 is 1. The van der Waals surface area contributed by atoms with Crippen LogP contribution in [0.2, 0.25) is 0 Å². The molecular formula is C25H30BrN3O5S. The molecule has 0 unspecified atom stereocenters. The Labute approximate surface area is 214 Å². The first-order valence-electron chi connectivity index (χ1n) is 11.8. The second kappa shape index (κ2) is 10.7. The van der Waals surface area contributed by atoms with Crippen LogP contribution in [0.25, 0.3) is 0 Å². The van der Waals surface area contributed by atoms with Crippen LogP contribution < -0.4 is 15.0 Å². The number of piperidine rings is 1. The third-order valence-electron chi connectivity index (χ3n) is 6.62.